The number of H-pyrrole nitrogens is 1. The van der Waals surface area contributed by atoms with Crippen LogP contribution >= 0.6 is 0 Å². The first-order chi connectivity index (χ1) is 7.80. The number of halogens is 1. The number of pyridine rings is 1. The molecule has 2 rings (SSSR count). The van der Waals surface area contributed by atoms with Crippen molar-refractivity contribution in [2.24, 2.45) is 0 Å². The van der Waals surface area contributed by atoms with E-state index in [0.29, 0.717) is 16.5 Å². The number of fused-ring (bicyclic) bond motifs is 1. The average Bonchev–Trinajstić information content (AvgIpc) is 2.22. The van der Waals surface area contributed by atoms with Gasteiger partial charge in [0, 0.05) is 28.1 Å². The Morgan fingerprint density at radius 2 is 1.88 bits per heavy atom. The van der Waals surface area contributed by atoms with Crippen LogP contribution in [0.4, 0.5) is 4.39 Å². The summed E-state index contributed by atoms with van der Waals surface area (Å²) in [5, 5.41) is 0.539. The lowest BCUT2D eigenvalue weighted by Crippen LogP contribution is -2.18. The highest BCUT2D eigenvalue weighted by atomic mass is 19.1. The van der Waals surface area contributed by atoms with Crippen LogP contribution in [0, 0.1) is 12.7 Å². The van der Waals surface area contributed by atoms with Crippen molar-refractivity contribution in [3.05, 3.63) is 45.5 Å². The summed E-state index contributed by atoms with van der Waals surface area (Å²) in [6.45, 7) is 7.72. The van der Waals surface area contributed by atoms with Gasteiger partial charge < -0.3 is 4.98 Å². The second kappa shape index (κ2) is 3.69. The molecule has 0 aliphatic carbocycles. The zero-order chi connectivity index (χ0) is 12.8. The number of hydrogen-bond acceptors (Lipinski definition) is 1. The molecule has 2 aromatic rings. The molecule has 2 nitrogen and oxygen atoms in total. The van der Waals surface area contributed by atoms with Crippen molar-refractivity contribution >= 4 is 10.9 Å². The van der Waals surface area contributed by atoms with Crippen LogP contribution in [-0.2, 0) is 5.41 Å². The van der Waals surface area contributed by atoms with Crippen LogP contribution in [0.25, 0.3) is 10.9 Å². The number of aromatic nitrogens is 1. The molecule has 0 radical (unpaired) electrons. The minimum Gasteiger partial charge on any atom is -0.357 e. The summed E-state index contributed by atoms with van der Waals surface area (Å²) in [6.07, 6.45) is 0. The molecule has 1 heterocycles. The van der Waals surface area contributed by atoms with Gasteiger partial charge in [-0.2, -0.15) is 0 Å². The Bertz CT molecular complexity index is 635. The standard InChI is InChI=1S/C14H16FNO/c1-8-10(15)6-5-9-11(17)7-12(14(2,3)4)16-13(8)9/h5-7H,1-4H3,(H,16,17). The summed E-state index contributed by atoms with van der Waals surface area (Å²) in [7, 11) is 0. The van der Waals surface area contributed by atoms with Gasteiger partial charge in [0.1, 0.15) is 5.82 Å². The van der Waals surface area contributed by atoms with E-state index in [1.807, 2.05) is 20.8 Å². The summed E-state index contributed by atoms with van der Waals surface area (Å²) in [4.78, 5) is 15.1. The third-order valence-electron chi connectivity index (χ3n) is 3.01. The Balaban J connectivity index is 2.89. The second-order valence-electron chi connectivity index (χ2n) is 5.39. The summed E-state index contributed by atoms with van der Waals surface area (Å²) < 4.78 is 13.5. The SMILES string of the molecule is Cc1c(F)ccc2c(=O)cc(C(C)(C)C)[nH]c12. The fraction of sp³-hybridized carbons (Fsp3) is 0.357. The van der Waals surface area contributed by atoms with Gasteiger partial charge in [0.15, 0.2) is 5.43 Å². The largest absolute Gasteiger partial charge is 0.357 e. The maximum atomic E-state index is 13.5. The predicted octanol–water partition coefficient (Wildman–Crippen LogP) is 3.27. The van der Waals surface area contributed by atoms with Gasteiger partial charge in [0.25, 0.3) is 0 Å². The van der Waals surface area contributed by atoms with Crippen LogP contribution in [0.5, 0.6) is 0 Å². The smallest absolute Gasteiger partial charge is 0.189 e. The highest BCUT2D eigenvalue weighted by molar-refractivity contribution is 5.81. The van der Waals surface area contributed by atoms with E-state index in [0.717, 1.165) is 5.69 Å². The minimum absolute atomic E-state index is 0.0632. The molecule has 0 unspecified atom stereocenters. The fourth-order valence-corrected chi connectivity index (χ4v) is 1.84. The van der Waals surface area contributed by atoms with Gasteiger partial charge in [0.05, 0.1) is 5.52 Å². The number of aryl methyl sites for hydroxylation is 1. The molecule has 0 aliphatic heterocycles. The maximum Gasteiger partial charge on any atom is 0.189 e. The van der Waals surface area contributed by atoms with Gasteiger partial charge in [-0.05, 0) is 19.1 Å². The van der Waals surface area contributed by atoms with E-state index < -0.39 is 0 Å². The number of aromatic amines is 1. The van der Waals surface area contributed by atoms with E-state index in [2.05, 4.69) is 4.98 Å². The molecule has 0 fully saturated rings. The summed E-state index contributed by atoms with van der Waals surface area (Å²) >= 11 is 0. The molecule has 0 saturated carbocycles. The van der Waals surface area contributed by atoms with E-state index in [1.165, 1.54) is 12.1 Å². The van der Waals surface area contributed by atoms with E-state index >= 15 is 0 Å². The van der Waals surface area contributed by atoms with E-state index in [4.69, 9.17) is 0 Å². The van der Waals surface area contributed by atoms with E-state index in [9.17, 15) is 9.18 Å². The van der Waals surface area contributed by atoms with Crippen LogP contribution in [0.1, 0.15) is 32.0 Å². The van der Waals surface area contributed by atoms with Crippen molar-refractivity contribution in [1.29, 1.82) is 0 Å². The van der Waals surface area contributed by atoms with E-state index in [-0.39, 0.29) is 16.7 Å². The van der Waals surface area contributed by atoms with Gasteiger partial charge in [-0.3, -0.25) is 4.79 Å². The second-order valence-corrected chi connectivity index (χ2v) is 5.39. The maximum absolute atomic E-state index is 13.5. The van der Waals surface area contributed by atoms with Crippen LogP contribution in [0.15, 0.2) is 23.0 Å². The highest BCUT2D eigenvalue weighted by Gasteiger charge is 2.17. The minimum atomic E-state index is -0.292. The monoisotopic (exact) mass is 233 g/mol. The van der Waals surface area contributed by atoms with Crippen molar-refractivity contribution in [2.75, 3.05) is 0 Å². The molecule has 0 saturated heterocycles. The highest BCUT2D eigenvalue weighted by Crippen LogP contribution is 2.23. The fourth-order valence-electron chi connectivity index (χ4n) is 1.84. The van der Waals surface area contributed by atoms with E-state index in [1.54, 1.807) is 13.0 Å². The quantitative estimate of drug-likeness (QED) is 0.744. The Labute approximate surface area is 99.5 Å². The van der Waals surface area contributed by atoms with Crippen LogP contribution in [0.3, 0.4) is 0 Å². The first kappa shape index (κ1) is 11.8. The molecular weight excluding hydrogens is 217 g/mol. The van der Waals surface area contributed by atoms with Crippen molar-refractivity contribution in [3.8, 4) is 0 Å². The van der Waals surface area contributed by atoms with Crippen LogP contribution < -0.4 is 5.43 Å². The zero-order valence-corrected chi connectivity index (χ0v) is 10.5. The van der Waals surface area contributed by atoms with Gasteiger partial charge >= 0.3 is 0 Å². The molecule has 0 aliphatic rings. The molecule has 17 heavy (non-hydrogen) atoms. The lowest BCUT2D eigenvalue weighted by molar-refractivity contribution is 0.570. The molecule has 0 bridgehead atoms. The molecule has 3 heteroatoms. The third-order valence-corrected chi connectivity index (χ3v) is 3.01. The van der Waals surface area contributed by atoms with Crippen LogP contribution in [0.2, 0.25) is 0 Å². The lowest BCUT2D eigenvalue weighted by atomic mass is 9.91. The molecule has 0 amide bonds. The molecule has 90 valence electrons. The number of nitrogens with one attached hydrogen (secondary N) is 1. The lowest BCUT2D eigenvalue weighted by Gasteiger charge is -2.19. The summed E-state index contributed by atoms with van der Waals surface area (Å²) in [6, 6.07) is 4.46. The number of hydrogen-bond donors (Lipinski definition) is 1. The topological polar surface area (TPSA) is 32.9 Å². The predicted molar refractivity (Wildman–Crippen MR) is 68.0 cm³/mol. The zero-order valence-electron chi connectivity index (χ0n) is 10.5. The normalized spacial score (nSPS) is 12.1. The van der Waals surface area contributed by atoms with Crippen molar-refractivity contribution < 1.29 is 4.39 Å². The summed E-state index contributed by atoms with van der Waals surface area (Å²) in [5.74, 6) is -0.292. The van der Waals surface area contributed by atoms with Crippen molar-refractivity contribution in [1.82, 2.24) is 4.98 Å². The third kappa shape index (κ3) is 1.97. The van der Waals surface area contributed by atoms with Crippen molar-refractivity contribution in [2.45, 2.75) is 33.1 Å². The Kier molecular flexibility index (Phi) is 2.57. The first-order valence-electron chi connectivity index (χ1n) is 5.63. The molecule has 1 aromatic heterocycles. The molecule has 0 atom stereocenters. The molecular formula is C14H16FNO. The Hall–Kier alpha value is -1.64. The van der Waals surface area contributed by atoms with Crippen LogP contribution in [-0.4, -0.2) is 4.98 Å². The van der Waals surface area contributed by atoms with Crippen molar-refractivity contribution in [3.63, 3.8) is 0 Å². The summed E-state index contributed by atoms with van der Waals surface area (Å²) in [5.41, 5.74) is 1.69. The molecule has 0 spiro atoms. The van der Waals surface area contributed by atoms with Gasteiger partial charge in [-0.15, -0.1) is 0 Å². The molecule has 1 aromatic carbocycles. The Morgan fingerprint density at radius 3 is 2.47 bits per heavy atom. The number of rotatable bonds is 0. The van der Waals surface area contributed by atoms with Gasteiger partial charge in [-0.25, -0.2) is 4.39 Å². The number of benzene rings is 1. The average molecular weight is 233 g/mol. The van der Waals surface area contributed by atoms with Gasteiger partial charge in [-0.1, -0.05) is 20.8 Å². The molecule has 1 N–H and O–H groups in total. The first-order valence-corrected chi connectivity index (χ1v) is 5.63. The van der Waals surface area contributed by atoms with Gasteiger partial charge in [0.2, 0.25) is 0 Å². The Morgan fingerprint density at radius 1 is 1.24 bits per heavy atom.